The number of nitrogens with zero attached hydrogens (tertiary/aromatic N) is 2. The number of aliphatic hydroxyl groups is 1. The van der Waals surface area contributed by atoms with Crippen LogP contribution in [-0.2, 0) is 6.61 Å². The number of imidazole rings is 1. The van der Waals surface area contributed by atoms with Gasteiger partial charge >= 0.3 is 0 Å². The van der Waals surface area contributed by atoms with Crippen LogP contribution in [0.25, 0.3) is 4.96 Å². The molecule has 3 rings (SSSR count). The molecule has 6 heteroatoms. The fraction of sp³-hybridized carbons (Fsp3) is 0.214. The van der Waals surface area contributed by atoms with E-state index in [1.54, 1.807) is 18.3 Å². The Bertz CT molecular complexity index is 707. The van der Waals surface area contributed by atoms with Crippen molar-refractivity contribution in [1.29, 1.82) is 0 Å². The van der Waals surface area contributed by atoms with Crippen LogP contribution in [0.2, 0.25) is 0 Å². The molecule has 2 heterocycles. The van der Waals surface area contributed by atoms with Gasteiger partial charge in [-0.15, -0.1) is 11.3 Å². The lowest BCUT2D eigenvalue weighted by Crippen LogP contribution is -2.01. The first-order valence-corrected chi connectivity index (χ1v) is 7.03. The fourth-order valence-electron chi connectivity index (χ4n) is 1.97. The Balaban J connectivity index is 1.79. The van der Waals surface area contributed by atoms with Crippen molar-refractivity contribution in [2.24, 2.45) is 0 Å². The fourth-order valence-corrected chi connectivity index (χ4v) is 2.69. The molecule has 20 heavy (non-hydrogen) atoms. The van der Waals surface area contributed by atoms with Crippen molar-refractivity contribution >= 4 is 16.3 Å². The molecule has 1 atom stereocenters. The molecule has 104 valence electrons. The van der Waals surface area contributed by atoms with E-state index in [1.807, 2.05) is 22.2 Å². The summed E-state index contributed by atoms with van der Waals surface area (Å²) in [6.45, 7) is 1.86. The van der Waals surface area contributed by atoms with E-state index in [0.717, 1.165) is 10.7 Å². The zero-order chi connectivity index (χ0) is 14.1. The van der Waals surface area contributed by atoms with Crippen LogP contribution in [0.5, 0.6) is 5.75 Å². The van der Waals surface area contributed by atoms with E-state index < -0.39 is 11.9 Å². The van der Waals surface area contributed by atoms with E-state index >= 15 is 0 Å². The number of rotatable bonds is 4. The summed E-state index contributed by atoms with van der Waals surface area (Å²) in [5.41, 5.74) is 1.23. The van der Waals surface area contributed by atoms with E-state index in [9.17, 15) is 9.50 Å². The lowest BCUT2D eigenvalue weighted by Gasteiger charge is -2.12. The maximum absolute atomic E-state index is 13.2. The molecule has 2 aromatic heterocycles. The second-order valence-electron chi connectivity index (χ2n) is 4.47. The highest BCUT2D eigenvalue weighted by atomic mass is 32.1. The van der Waals surface area contributed by atoms with Gasteiger partial charge in [-0.25, -0.2) is 9.37 Å². The number of thiazole rings is 1. The smallest absolute Gasteiger partial charge is 0.193 e. The Kier molecular flexibility index (Phi) is 3.42. The largest absolute Gasteiger partial charge is 0.487 e. The predicted molar refractivity (Wildman–Crippen MR) is 74.4 cm³/mol. The van der Waals surface area contributed by atoms with Crippen LogP contribution in [0.3, 0.4) is 0 Å². The summed E-state index contributed by atoms with van der Waals surface area (Å²) in [6, 6.07) is 4.12. The van der Waals surface area contributed by atoms with Crippen LogP contribution in [-0.4, -0.2) is 14.5 Å². The van der Waals surface area contributed by atoms with Gasteiger partial charge in [-0.2, -0.15) is 0 Å². The van der Waals surface area contributed by atoms with Gasteiger partial charge in [-0.05, 0) is 25.1 Å². The quantitative estimate of drug-likeness (QED) is 0.803. The number of hydrogen-bond donors (Lipinski definition) is 1. The van der Waals surface area contributed by atoms with Crippen LogP contribution in [0.4, 0.5) is 4.39 Å². The van der Waals surface area contributed by atoms with Crippen molar-refractivity contribution < 1.29 is 14.2 Å². The van der Waals surface area contributed by atoms with Gasteiger partial charge in [0.15, 0.2) is 4.96 Å². The highest BCUT2D eigenvalue weighted by Gasteiger charge is 2.11. The molecule has 0 saturated carbocycles. The number of aliphatic hydroxyl groups excluding tert-OH is 1. The molecule has 0 aliphatic rings. The third-order valence-electron chi connectivity index (χ3n) is 2.94. The molecule has 4 nitrogen and oxygen atoms in total. The van der Waals surface area contributed by atoms with Crippen molar-refractivity contribution in [3.05, 3.63) is 53.0 Å². The first-order valence-electron chi connectivity index (χ1n) is 6.15. The number of benzene rings is 1. The summed E-state index contributed by atoms with van der Waals surface area (Å²) in [4.78, 5) is 5.30. The zero-order valence-electron chi connectivity index (χ0n) is 10.8. The van der Waals surface area contributed by atoms with Gasteiger partial charge < -0.3 is 9.84 Å². The molecule has 0 radical (unpaired) electrons. The van der Waals surface area contributed by atoms with Gasteiger partial charge in [-0.1, -0.05) is 0 Å². The molecule has 0 fully saturated rings. The highest BCUT2D eigenvalue weighted by Crippen LogP contribution is 2.26. The molecule has 0 aliphatic carbocycles. The maximum atomic E-state index is 13.2. The molecule has 0 bridgehead atoms. The van der Waals surface area contributed by atoms with E-state index in [0.29, 0.717) is 11.3 Å². The van der Waals surface area contributed by atoms with Gasteiger partial charge in [0.2, 0.25) is 0 Å². The molecule has 0 spiro atoms. The Hall–Kier alpha value is -1.92. The van der Waals surface area contributed by atoms with Crippen molar-refractivity contribution in [2.75, 3.05) is 0 Å². The van der Waals surface area contributed by atoms with Gasteiger partial charge in [0, 0.05) is 23.3 Å². The molecule has 0 amide bonds. The second-order valence-corrected chi connectivity index (χ2v) is 5.34. The molecular weight excluding hydrogens is 279 g/mol. The molecule has 0 unspecified atom stereocenters. The average Bonchev–Trinajstić information content (AvgIpc) is 2.97. The summed E-state index contributed by atoms with van der Waals surface area (Å²) >= 11 is 1.55. The monoisotopic (exact) mass is 292 g/mol. The van der Waals surface area contributed by atoms with Crippen LogP contribution < -0.4 is 4.74 Å². The van der Waals surface area contributed by atoms with E-state index in [2.05, 4.69) is 4.98 Å². The Morgan fingerprint density at radius 3 is 3.10 bits per heavy atom. The first-order chi connectivity index (χ1) is 9.63. The number of aromatic nitrogens is 2. The van der Waals surface area contributed by atoms with Crippen molar-refractivity contribution in [3.63, 3.8) is 0 Å². The SMILES string of the molecule is C[C@H](O)c1cc(F)ccc1OCc1cn2ccsc2n1. The molecular formula is C14H13FN2O2S. The topological polar surface area (TPSA) is 46.8 Å². The molecule has 0 saturated heterocycles. The van der Waals surface area contributed by atoms with Gasteiger partial charge in [-0.3, -0.25) is 4.40 Å². The number of halogens is 1. The van der Waals surface area contributed by atoms with E-state index in [-0.39, 0.29) is 6.61 Å². The number of fused-ring (bicyclic) bond motifs is 1. The Morgan fingerprint density at radius 1 is 1.50 bits per heavy atom. The summed E-state index contributed by atoms with van der Waals surface area (Å²) in [5, 5.41) is 11.6. The minimum atomic E-state index is -0.786. The summed E-state index contributed by atoms with van der Waals surface area (Å²) in [6.07, 6.45) is 3.03. The van der Waals surface area contributed by atoms with Crippen LogP contribution in [0.15, 0.2) is 36.0 Å². The molecule has 1 aromatic carbocycles. The van der Waals surface area contributed by atoms with Gasteiger partial charge in [0.1, 0.15) is 18.2 Å². The average molecular weight is 292 g/mol. The molecule has 0 aliphatic heterocycles. The van der Waals surface area contributed by atoms with E-state index in [1.165, 1.54) is 18.2 Å². The van der Waals surface area contributed by atoms with Crippen LogP contribution in [0, 0.1) is 5.82 Å². The van der Waals surface area contributed by atoms with Crippen molar-refractivity contribution in [3.8, 4) is 5.75 Å². The predicted octanol–water partition coefficient (Wildman–Crippen LogP) is 3.17. The van der Waals surface area contributed by atoms with Crippen molar-refractivity contribution in [2.45, 2.75) is 19.6 Å². The van der Waals surface area contributed by atoms with E-state index in [4.69, 9.17) is 4.74 Å². The van der Waals surface area contributed by atoms with Crippen molar-refractivity contribution in [1.82, 2.24) is 9.38 Å². The summed E-state index contributed by atoms with van der Waals surface area (Å²) in [7, 11) is 0. The Labute approximate surface area is 119 Å². The van der Waals surface area contributed by atoms with Gasteiger partial charge in [0.05, 0.1) is 11.8 Å². The van der Waals surface area contributed by atoms with Crippen LogP contribution >= 0.6 is 11.3 Å². The second kappa shape index (κ2) is 5.22. The lowest BCUT2D eigenvalue weighted by atomic mass is 10.1. The standard InChI is InChI=1S/C14H13FN2O2S/c1-9(18)12-6-10(15)2-3-13(12)19-8-11-7-17-4-5-20-14(17)16-11/h2-7,9,18H,8H2,1H3/t9-/m0/s1. The maximum Gasteiger partial charge on any atom is 0.193 e. The summed E-state index contributed by atoms with van der Waals surface area (Å²) in [5.74, 6) is 0.0773. The minimum absolute atomic E-state index is 0.278. The third-order valence-corrected chi connectivity index (χ3v) is 3.71. The minimum Gasteiger partial charge on any atom is -0.487 e. The lowest BCUT2D eigenvalue weighted by molar-refractivity contribution is 0.189. The number of ether oxygens (including phenoxy) is 1. The summed E-state index contributed by atoms with van der Waals surface area (Å²) < 4.78 is 20.7. The highest BCUT2D eigenvalue weighted by molar-refractivity contribution is 7.15. The van der Waals surface area contributed by atoms with Crippen LogP contribution in [0.1, 0.15) is 24.3 Å². The zero-order valence-corrected chi connectivity index (χ0v) is 11.6. The third kappa shape index (κ3) is 2.52. The Morgan fingerprint density at radius 2 is 2.35 bits per heavy atom. The molecule has 1 N–H and O–H groups in total. The number of hydrogen-bond acceptors (Lipinski definition) is 4. The molecule has 3 aromatic rings. The first kappa shape index (κ1) is 13.1. The van der Waals surface area contributed by atoms with Gasteiger partial charge in [0.25, 0.3) is 0 Å². The normalized spacial score (nSPS) is 12.8.